The first-order valence-corrected chi connectivity index (χ1v) is 13.3. The average molecular weight is 534 g/mol. The number of benzene rings is 2. The fourth-order valence-corrected chi connectivity index (χ4v) is 5.47. The highest BCUT2D eigenvalue weighted by Crippen LogP contribution is 2.34. The minimum Gasteiger partial charge on any atom is -0.493 e. The van der Waals surface area contributed by atoms with Crippen molar-refractivity contribution in [3.63, 3.8) is 0 Å². The minimum atomic E-state index is -0.405. The summed E-state index contributed by atoms with van der Waals surface area (Å²) in [6, 6.07) is 15.0. The number of pyridine rings is 1. The van der Waals surface area contributed by atoms with Crippen LogP contribution in [-0.2, 0) is 0 Å². The first kappa shape index (κ1) is 25.8. The molecule has 7 nitrogen and oxygen atoms in total. The molecule has 1 N–H and O–H groups in total. The van der Waals surface area contributed by atoms with Gasteiger partial charge in [-0.1, -0.05) is 18.2 Å². The lowest BCUT2D eigenvalue weighted by atomic mass is 10.1. The molecule has 0 atom stereocenters. The highest BCUT2D eigenvalue weighted by atomic mass is 32.1. The van der Waals surface area contributed by atoms with Gasteiger partial charge in [0.05, 0.1) is 24.0 Å². The predicted octanol–water partition coefficient (Wildman–Crippen LogP) is 5.20. The van der Waals surface area contributed by atoms with Crippen molar-refractivity contribution in [2.24, 2.45) is 0 Å². The monoisotopic (exact) mass is 533 g/mol. The van der Waals surface area contributed by atoms with Crippen LogP contribution in [0.2, 0.25) is 0 Å². The van der Waals surface area contributed by atoms with Crippen LogP contribution < -0.4 is 14.8 Å². The molecule has 2 aromatic carbocycles. The standard InChI is InChI=1S/C29H28FN3O4S/c1-33-13-11-19(12-14-33)37-26-10-9-18(15-27(26)36-2)29(35)31-16-25(34)24-8-4-7-23(32-24)21-17-38-28-20(21)5-3-6-22(28)30/h3-10,15,17,19H,11-14,16H2,1-2H3,(H,31,35). The average Bonchev–Trinajstić information content (AvgIpc) is 3.38. The molecule has 0 radical (unpaired) electrons. The summed E-state index contributed by atoms with van der Waals surface area (Å²) in [5, 5.41) is 5.25. The van der Waals surface area contributed by atoms with E-state index in [2.05, 4.69) is 22.2 Å². The zero-order valence-electron chi connectivity index (χ0n) is 21.2. The molecule has 38 heavy (non-hydrogen) atoms. The lowest BCUT2D eigenvalue weighted by Gasteiger charge is -2.29. The molecule has 0 spiro atoms. The highest BCUT2D eigenvalue weighted by Gasteiger charge is 2.21. The second-order valence-corrected chi connectivity index (χ2v) is 10.1. The van der Waals surface area contributed by atoms with Crippen molar-refractivity contribution in [1.82, 2.24) is 15.2 Å². The number of hydrogen-bond acceptors (Lipinski definition) is 7. The molecule has 1 aliphatic heterocycles. The second-order valence-electron chi connectivity index (χ2n) is 9.27. The van der Waals surface area contributed by atoms with Gasteiger partial charge in [-0.25, -0.2) is 9.37 Å². The largest absolute Gasteiger partial charge is 0.493 e. The molecule has 0 bridgehead atoms. The Hall–Kier alpha value is -3.82. The molecule has 0 unspecified atom stereocenters. The third kappa shape index (κ3) is 5.54. The molecular formula is C29H28FN3O4S. The number of rotatable bonds is 8. The van der Waals surface area contributed by atoms with Crippen LogP contribution in [0.25, 0.3) is 21.3 Å². The van der Waals surface area contributed by atoms with E-state index in [1.165, 1.54) is 24.5 Å². The van der Waals surface area contributed by atoms with Gasteiger partial charge in [-0.3, -0.25) is 9.59 Å². The maximum atomic E-state index is 14.1. The summed E-state index contributed by atoms with van der Waals surface area (Å²) < 4.78 is 26.2. The minimum absolute atomic E-state index is 0.103. The Bertz CT molecular complexity index is 1480. The van der Waals surface area contributed by atoms with Gasteiger partial charge in [-0.2, -0.15) is 0 Å². The van der Waals surface area contributed by atoms with Gasteiger partial charge in [0.15, 0.2) is 17.3 Å². The lowest BCUT2D eigenvalue weighted by Crippen LogP contribution is -2.35. The van der Waals surface area contributed by atoms with Crippen molar-refractivity contribution < 1.29 is 23.5 Å². The van der Waals surface area contributed by atoms with Crippen LogP contribution in [0.3, 0.4) is 0 Å². The van der Waals surface area contributed by atoms with Gasteiger partial charge in [0, 0.05) is 35.0 Å². The molecule has 5 rings (SSSR count). The number of carbonyl (C=O) groups excluding carboxylic acids is 2. The fourth-order valence-electron chi connectivity index (χ4n) is 4.50. The molecule has 196 valence electrons. The van der Waals surface area contributed by atoms with E-state index in [-0.39, 0.29) is 29.9 Å². The molecule has 1 amide bonds. The molecule has 0 saturated carbocycles. The van der Waals surface area contributed by atoms with Crippen molar-refractivity contribution in [2.75, 3.05) is 33.8 Å². The van der Waals surface area contributed by atoms with Crippen LogP contribution in [0.15, 0.2) is 60.0 Å². The molecule has 2 aromatic heterocycles. The van der Waals surface area contributed by atoms with Crippen molar-refractivity contribution in [2.45, 2.75) is 18.9 Å². The van der Waals surface area contributed by atoms with Crippen LogP contribution in [0.4, 0.5) is 4.39 Å². The van der Waals surface area contributed by atoms with Gasteiger partial charge in [0.2, 0.25) is 0 Å². The van der Waals surface area contributed by atoms with Crippen molar-refractivity contribution in [3.05, 3.63) is 77.1 Å². The number of thiophene rings is 1. The van der Waals surface area contributed by atoms with Crippen molar-refractivity contribution >= 4 is 33.1 Å². The number of likely N-dealkylation sites (tertiary alicyclic amines) is 1. The molecular weight excluding hydrogens is 505 g/mol. The number of aromatic nitrogens is 1. The van der Waals surface area contributed by atoms with E-state index < -0.39 is 5.91 Å². The molecule has 3 heterocycles. The summed E-state index contributed by atoms with van der Waals surface area (Å²) in [6.07, 6.45) is 1.96. The number of hydrogen-bond donors (Lipinski definition) is 1. The third-order valence-electron chi connectivity index (χ3n) is 6.66. The summed E-state index contributed by atoms with van der Waals surface area (Å²) in [6.45, 7) is 1.73. The van der Waals surface area contributed by atoms with E-state index in [1.54, 1.807) is 42.5 Å². The van der Waals surface area contributed by atoms with E-state index in [4.69, 9.17) is 9.47 Å². The van der Waals surface area contributed by atoms with Gasteiger partial charge < -0.3 is 19.7 Å². The number of nitrogens with one attached hydrogen (secondary N) is 1. The van der Waals surface area contributed by atoms with Gasteiger partial charge in [0.1, 0.15) is 17.6 Å². The van der Waals surface area contributed by atoms with E-state index in [1.807, 2.05) is 11.4 Å². The number of methoxy groups -OCH3 is 1. The first-order valence-electron chi connectivity index (χ1n) is 12.4. The summed E-state index contributed by atoms with van der Waals surface area (Å²) >= 11 is 1.30. The van der Waals surface area contributed by atoms with Crippen LogP contribution >= 0.6 is 11.3 Å². The van der Waals surface area contributed by atoms with Gasteiger partial charge in [0.25, 0.3) is 5.91 Å². The Morgan fingerprint density at radius 1 is 1.11 bits per heavy atom. The number of ether oxygens (including phenoxy) is 2. The molecule has 1 fully saturated rings. The number of ketones is 1. The quantitative estimate of drug-likeness (QED) is 0.314. The van der Waals surface area contributed by atoms with Crippen molar-refractivity contribution in [3.8, 4) is 22.8 Å². The van der Waals surface area contributed by atoms with E-state index >= 15 is 0 Å². The van der Waals surface area contributed by atoms with E-state index in [0.29, 0.717) is 27.5 Å². The predicted molar refractivity (Wildman–Crippen MR) is 146 cm³/mol. The van der Waals surface area contributed by atoms with Gasteiger partial charge >= 0.3 is 0 Å². The third-order valence-corrected chi connectivity index (χ3v) is 7.66. The molecule has 0 aliphatic carbocycles. The Labute approximate surface area is 224 Å². The number of amides is 1. The summed E-state index contributed by atoms with van der Waals surface area (Å²) in [5.41, 5.74) is 1.92. The van der Waals surface area contributed by atoms with Crippen LogP contribution in [-0.4, -0.2) is 61.5 Å². The summed E-state index contributed by atoms with van der Waals surface area (Å²) in [5.74, 6) is 0.0398. The number of piperidine rings is 1. The first-order chi connectivity index (χ1) is 18.4. The lowest BCUT2D eigenvalue weighted by molar-refractivity contribution is 0.0901. The van der Waals surface area contributed by atoms with Gasteiger partial charge in [-0.15, -0.1) is 11.3 Å². The Kier molecular flexibility index (Phi) is 7.67. The van der Waals surface area contributed by atoms with Crippen LogP contribution in [0.5, 0.6) is 11.5 Å². The highest BCUT2D eigenvalue weighted by molar-refractivity contribution is 7.17. The van der Waals surface area contributed by atoms with Gasteiger partial charge in [-0.05, 0) is 56.3 Å². The second kappa shape index (κ2) is 11.3. The summed E-state index contributed by atoms with van der Waals surface area (Å²) in [4.78, 5) is 32.4. The molecule has 1 aliphatic rings. The number of Topliss-reactive ketones (excluding diaryl/α,β-unsaturated/α-hetero) is 1. The van der Waals surface area contributed by atoms with Crippen LogP contribution in [0, 0.1) is 5.82 Å². The molecule has 9 heteroatoms. The Morgan fingerprint density at radius 3 is 2.68 bits per heavy atom. The Balaban J connectivity index is 1.24. The van der Waals surface area contributed by atoms with E-state index in [9.17, 15) is 14.0 Å². The zero-order valence-corrected chi connectivity index (χ0v) is 22.0. The van der Waals surface area contributed by atoms with Crippen molar-refractivity contribution in [1.29, 1.82) is 0 Å². The van der Waals surface area contributed by atoms with Crippen LogP contribution in [0.1, 0.15) is 33.7 Å². The maximum absolute atomic E-state index is 14.1. The normalized spacial score (nSPS) is 14.4. The van der Waals surface area contributed by atoms with E-state index in [0.717, 1.165) is 36.9 Å². The zero-order chi connectivity index (χ0) is 26.6. The SMILES string of the molecule is COc1cc(C(=O)NCC(=O)c2cccc(-c3csc4c(F)cccc34)n2)ccc1OC1CCN(C)CC1. The summed E-state index contributed by atoms with van der Waals surface area (Å²) in [7, 11) is 3.63. The molecule has 4 aromatic rings. The number of carbonyl (C=O) groups is 2. The topological polar surface area (TPSA) is 80.8 Å². The number of fused-ring (bicyclic) bond motifs is 1. The Morgan fingerprint density at radius 2 is 1.89 bits per heavy atom. The number of nitrogens with zero attached hydrogens (tertiary/aromatic N) is 2. The molecule has 1 saturated heterocycles. The number of halogens is 1. The fraction of sp³-hybridized carbons (Fsp3) is 0.276. The maximum Gasteiger partial charge on any atom is 0.251 e. The smallest absolute Gasteiger partial charge is 0.251 e.